The summed E-state index contributed by atoms with van der Waals surface area (Å²) < 4.78 is 0. The second-order valence-corrected chi connectivity index (χ2v) is 6.92. The first-order chi connectivity index (χ1) is 12.1. The normalized spacial score (nSPS) is 18.9. The van der Waals surface area contributed by atoms with Gasteiger partial charge in [0.1, 0.15) is 6.54 Å². The van der Waals surface area contributed by atoms with Crippen LogP contribution in [0.15, 0.2) is 4.99 Å². The molecule has 0 aromatic rings. The van der Waals surface area contributed by atoms with Gasteiger partial charge in [-0.05, 0) is 44.9 Å². The molecule has 2 aliphatic heterocycles. The molecule has 0 aliphatic carbocycles. The molecule has 0 atom stereocenters. The highest BCUT2D eigenvalue weighted by Crippen LogP contribution is 2.20. The number of amides is 2. The number of likely N-dealkylation sites (tertiary alicyclic amines) is 2. The lowest BCUT2D eigenvalue weighted by Crippen LogP contribution is -2.46. The first-order valence-corrected chi connectivity index (χ1v) is 9.65. The Morgan fingerprint density at radius 1 is 1.04 bits per heavy atom. The fourth-order valence-corrected chi connectivity index (χ4v) is 3.52. The second-order valence-electron chi connectivity index (χ2n) is 6.92. The molecule has 0 unspecified atom stereocenters. The van der Waals surface area contributed by atoms with Crippen molar-refractivity contribution in [3.8, 4) is 0 Å². The molecule has 2 aliphatic rings. The molecule has 0 aromatic heterocycles. The number of hydrogen-bond acceptors (Lipinski definition) is 3. The minimum Gasteiger partial charge on any atom is -0.359 e. The Kier molecular flexibility index (Phi) is 10.9. The Bertz CT molecular complexity index is 472. The van der Waals surface area contributed by atoms with E-state index in [0.717, 1.165) is 64.4 Å². The van der Waals surface area contributed by atoms with E-state index in [1.807, 2.05) is 11.8 Å². The number of rotatable bonds is 5. The van der Waals surface area contributed by atoms with E-state index in [9.17, 15) is 9.59 Å². The van der Waals surface area contributed by atoms with Gasteiger partial charge in [-0.2, -0.15) is 0 Å². The van der Waals surface area contributed by atoms with Crippen LogP contribution in [0.1, 0.15) is 45.4 Å². The maximum Gasteiger partial charge on any atom is 0.244 e. The maximum atomic E-state index is 12.3. The summed E-state index contributed by atoms with van der Waals surface area (Å²) >= 11 is 0. The summed E-state index contributed by atoms with van der Waals surface area (Å²) in [7, 11) is 1.69. The smallest absolute Gasteiger partial charge is 0.244 e. The van der Waals surface area contributed by atoms with E-state index in [4.69, 9.17) is 0 Å². The summed E-state index contributed by atoms with van der Waals surface area (Å²) in [5, 5.41) is 6.00. The van der Waals surface area contributed by atoms with Crippen LogP contribution in [-0.4, -0.2) is 73.9 Å². The molecule has 0 radical (unpaired) electrons. The van der Waals surface area contributed by atoms with Crippen molar-refractivity contribution in [3.05, 3.63) is 0 Å². The predicted octanol–water partition coefficient (Wildman–Crippen LogP) is 1.43. The number of nitrogens with zero attached hydrogens (tertiary/aromatic N) is 3. The molecule has 0 aromatic carbocycles. The lowest BCUT2D eigenvalue weighted by Gasteiger charge is -2.34. The largest absolute Gasteiger partial charge is 0.359 e. The molecular weight excluding hydrogens is 445 g/mol. The Labute approximate surface area is 174 Å². The number of carbonyl (C=O) groups excluding carboxylic acids is 2. The molecule has 26 heavy (non-hydrogen) atoms. The van der Waals surface area contributed by atoms with Gasteiger partial charge in [0.05, 0.1) is 0 Å². The van der Waals surface area contributed by atoms with Gasteiger partial charge in [0.2, 0.25) is 11.8 Å². The summed E-state index contributed by atoms with van der Waals surface area (Å²) in [5.74, 6) is 1.51. The van der Waals surface area contributed by atoms with Crippen LogP contribution in [0.5, 0.6) is 0 Å². The van der Waals surface area contributed by atoms with Crippen LogP contribution in [0.4, 0.5) is 0 Å². The number of hydrogen-bond donors (Lipinski definition) is 2. The lowest BCUT2D eigenvalue weighted by molar-refractivity contribution is -0.130. The fourth-order valence-electron chi connectivity index (χ4n) is 3.52. The van der Waals surface area contributed by atoms with Crippen LogP contribution in [-0.2, 0) is 9.59 Å². The highest BCUT2D eigenvalue weighted by molar-refractivity contribution is 14.0. The highest BCUT2D eigenvalue weighted by Gasteiger charge is 2.23. The van der Waals surface area contributed by atoms with Gasteiger partial charge in [-0.1, -0.05) is 0 Å². The van der Waals surface area contributed by atoms with Gasteiger partial charge in [-0.15, -0.1) is 24.0 Å². The van der Waals surface area contributed by atoms with Crippen molar-refractivity contribution in [2.45, 2.75) is 45.4 Å². The average molecular weight is 479 g/mol. The van der Waals surface area contributed by atoms with Crippen molar-refractivity contribution in [2.24, 2.45) is 10.9 Å². The molecule has 0 bridgehead atoms. The van der Waals surface area contributed by atoms with Gasteiger partial charge in [-0.25, -0.2) is 4.99 Å². The number of guanidine groups is 1. The minimum atomic E-state index is 0. The topological polar surface area (TPSA) is 77.0 Å². The number of carbonyl (C=O) groups is 2. The molecule has 2 amide bonds. The quantitative estimate of drug-likeness (QED) is 0.356. The summed E-state index contributed by atoms with van der Waals surface area (Å²) in [5.41, 5.74) is 0. The van der Waals surface area contributed by atoms with Crippen LogP contribution in [0, 0.1) is 5.92 Å². The molecule has 2 rings (SSSR count). The van der Waals surface area contributed by atoms with Crippen molar-refractivity contribution in [1.82, 2.24) is 20.4 Å². The van der Waals surface area contributed by atoms with Crippen LogP contribution in [0.3, 0.4) is 0 Å². The molecule has 2 fully saturated rings. The first-order valence-electron chi connectivity index (χ1n) is 9.65. The van der Waals surface area contributed by atoms with Crippen LogP contribution in [0.2, 0.25) is 0 Å². The standard InChI is InChI=1S/C18H33N5O2.HI/c1-3-20-18(21-14-17(25)22-9-5-4-6-10-22)23-11-7-15(8-12-23)13-16(24)19-2;/h15H,3-14H2,1-2H3,(H,19,24)(H,20,21);1H. The number of piperidine rings is 2. The van der Waals surface area contributed by atoms with Gasteiger partial charge in [0, 0.05) is 46.2 Å². The van der Waals surface area contributed by atoms with E-state index in [2.05, 4.69) is 20.5 Å². The Balaban J connectivity index is 0.00000338. The molecule has 8 heteroatoms. The van der Waals surface area contributed by atoms with Crippen molar-refractivity contribution in [3.63, 3.8) is 0 Å². The van der Waals surface area contributed by atoms with Gasteiger partial charge >= 0.3 is 0 Å². The van der Waals surface area contributed by atoms with Crippen molar-refractivity contribution >= 4 is 41.8 Å². The van der Waals surface area contributed by atoms with Gasteiger partial charge < -0.3 is 20.4 Å². The molecule has 2 saturated heterocycles. The van der Waals surface area contributed by atoms with Crippen molar-refractivity contribution in [1.29, 1.82) is 0 Å². The van der Waals surface area contributed by atoms with Gasteiger partial charge in [0.25, 0.3) is 0 Å². The van der Waals surface area contributed by atoms with E-state index in [-0.39, 0.29) is 42.3 Å². The highest BCUT2D eigenvalue weighted by atomic mass is 127. The Morgan fingerprint density at radius 2 is 1.69 bits per heavy atom. The number of aliphatic imine (C=N–C) groups is 1. The molecule has 7 nitrogen and oxygen atoms in total. The summed E-state index contributed by atoms with van der Waals surface area (Å²) in [4.78, 5) is 32.6. The fraction of sp³-hybridized carbons (Fsp3) is 0.833. The monoisotopic (exact) mass is 479 g/mol. The van der Waals surface area contributed by atoms with E-state index in [1.54, 1.807) is 7.05 Å². The third-order valence-corrected chi connectivity index (χ3v) is 5.07. The minimum absolute atomic E-state index is 0. The summed E-state index contributed by atoms with van der Waals surface area (Å²) in [6, 6.07) is 0. The second kappa shape index (κ2) is 12.3. The predicted molar refractivity (Wildman–Crippen MR) is 115 cm³/mol. The van der Waals surface area contributed by atoms with Crippen LogP contribution < -0.4 is 10.6 Å². The Morgan fingerprint density at radius 3 is 2.27 bits per heavy atom. The molecule has 2 N–H and O–H groups in total. The zero-order valence-electron chi connectivity index (χ0n) is 16.1. The zero-order valence-corrected chi connectivity index (χ0v) is 18.5. The van der Waals surface area contributed by atoms with Crippen LogP contribution in [0.25, 0.3) is 0 Å². The molecule has 0 saturated carbocycles. The van der Waals surface area contributed by atoms with E-state index >= 15 is 0 Å². The number of halogens is 1. The number of nitrogens with one attached hydrogen (secondary N) is 2. The van der Waals surface area contributed by atoms with E-state index in [0.29, 0.717) is 12.3 Å². The maximum absolute atomic E-state index is 12.3. The SMILES string of the molecule is CCNC(=NCC(=O)N1CCCCC1)N1CCC(CC(=O)NC)CC1.I. The Hall–Kier alpha value is -1.06. The van der Waals surface area contributed by atoms with Crippen molar-refractivity contribution < 1.29 is 9.59 Å². The lowest BCUT2D eigenvalue weighted by atomic mass is 9.93. The third kappa shape index (κ3) is 7.28. The summed E-state index contributed by atoms with van der Waals surface area (Å²) in [6.45, 7) is 6.55. The molecule has 150 valence electrons. The zero-order chi connectivity index (χ0) is 18.1. The van der Waals surface area contributed by atoms with E-state index in [1.165, 1.54) is 6.42 Å². The molecule has 0 spiro atoms. The molecular formula is C18H34IN5O2. The van der Waals surface area contributed by atoms with E-state index < -0.39 is 0 Å². The van der Waals surface area contributed by atoms with Gasteiger partial charge in [-0.3, -0.25) is 9.59 Å². The first kappa shape index (κ1) is 23.0. The molecule has 2 heterocycles. The summed E-state index contributed by atoms with van der Waals surface area (Å²) in [6.07, 6.45) is 6.00. The van der Waals surface area contributed by atoms with Gasteiger partial charge in [0.15, 0.2) is 5.96 Å². The van der Waals surface area contributed by atoms with Crippen LogP contribution >= 0.6 is 24.0 Å². The van der Waals surface area contributed by atoms with Crippen molar-refractivity contribution in [2.75, 3.05) is 46.3 Å². The average Bonchev–Trinajstić information content (AvgIpc) is 2.66. The third-order valence-electron chi connectivity index (χ3n) is 5.07.